The molecule has 2 aromatic rings. The van der Waals surface area contributed by atoms with E-state index in [9.17, 15) is 9.59 Å². The highest BCUT2D eigenvalue weighted by atomic mass is 35.5. The van der Waals surface area contributed by atoms with Crippen LogP contribution in [0.15, 0.2) is 48.7 Å². The van der Waals surface area contributed by atoms with Crippen LogP contribution in [0.4, 0.5) is 5.82 Å². The zero-order chi connectivity index (χ0) is 18.2. The molecule has 0 aliphatic rings. The van der Waals surface area contributed by atoms with Crippen molar-refractivity contribution in [1.82, 2.24) is 4.98 Å². The van der Waals surface area contributed by atoms with E-state index >= 15 is 0 Å². The van der Waals surface area contributed by atoms with Crippen molar-refractivity contribution < 1.29 is 19.1 Å². The smallest absolute Gasteiger partial charge is 0.348 e. The molecule has 0 spiro atoms. The van der Waals surface area contributed by atoms with Crippen LogP contribution in [0.2, 0.25) is 5.02 Å². The second-order valence-electron chi connectivity index (χ2n) is 5.26. The highest BCUT2D eigenvalue weighted by Gasteiger charge is 2.25. The molecule has 1 aromatic carbocycles. The summed E-state index contributed by atoms with van der Waals surface area (Å²) < 4.78 is 10.8. The summed E-state index contributed by atoms with van der Waals surface area (Å²) in [5.74, 6) is -0.200. The molecule has 0 aliphatic heterocycles. The molecule has 0 aliphatic carbocycles. The molecule has 2 atom stereocenters. The molecule has 0 bridgehead atoms. The third-order valence-electron chi connectivity index (χ3n) is 3.30. The number of nitrogens with zero attached hydrogens (tertiary/aromatic N) is 1. The highest BCUT2D eigenvalue weighted by molar-refractivity contribution is 6.30. The Balaban J connectivity index is 1.90. The quantitative estimate of drug-likeness (QED) is 0.763. The van der Waals surface area contributed by atoms with Crippen LogP contribution < -0.4 is 10.1 Å². The van der Waals surface area contributed by atoms with Gasteiger partial charge in [-0.05, 0) is 37.6 Å². The van der Waals surface area contributed by atoms with Crippen LogP contribution in [0.5, 0.6) is 5.75 Å². The fourth-order valence-corrected chi connectivity index (χ4v) is 2.05. The van der Waals surface area contributed by atoms with Crippen LogP contribution in [-0.4, -0.2) is 29.1 Å². The van der Waals surface area contributed by atoms with Crippen LogP contribution in [0.1, 0.15) is 20.3 Å². The van der Waals surface area contributed by atoms with Gasteiger partial charge in [-0.1, -0.05) is 36.7 Å². The fraction of sp³-hybridized carbons (Fsp3) is 0.278. The second-order valence-corrected chi connectivity index (χ2v) is 5.69. The monoisotopic (exact) mass is 362 g/mol. The fourth-order valence-electron chi connectivity index (χ4n) is 1.94. The molecule has 1 N–H and O–H groups in total. The van der Waals surface area contributed by atoms with Crippen molar-refractivity contribution in [3.8, 4) is 5.75 Å². The van der Waals surface area contributed by atoms with Crippen LogP contribution in [0.25, 0.3) is 0 Å². The maximum absolute atomic E-state index is 12.2. The number of benzene rings is 1. The largest absolute Gasteiger partial charge is 0.479 e. The minimum atomic E-state index is -0.988. The van der Waals surface area contributed by atoms with Gasteiger partial charge < -0.3 is 14.8 Å². The summed E-state index contributed by atoms with van der Waals surface area (Å²) in [6.45, 7) is 3.29. The Kier molecular flexibility index (Phi) is 6.77. The summed E-state index contributed by atoms with van der Waals surface area (Å²) in [5, 5.41) is 3.01. The van der Waals surface area contributed by atoms with Gasteiger partial charge in [0.1, 0.15) is 11.6 Å². The van der Waals surface area contributed by atoms with Gasteiger partial charge in [0.15, 0.2) is 12.2 Å². The number of hydrogen-bond acceptors (Lipinski definition) is 5. The van der Waals surface area contributed by atoms with E-state index in [0.29, 0.717) is 23.0 Å². The molecule has 132 valence electrons. The van der Waals surface area contributed by atoms with Gasteiger partial charge in [0.05, 0.1) is 5.02 Å². The Morgan fingerprint density at radius 2 is 1.92 bits per heavy atom. The first-order valence-electron chi connectivity index (χ1n) is 7.84. The summed E-state index contributed by atoms with van der Waals surface area (Å²) in [7, 11) is 0. The van der Waals surface area contributed by atoms with E-state index in [1.165, 1.54) is 13.1 Å². The van der Waals surface area contributed by atoms with Crippen LogP contribution in [0.3, 0.4) is 0 Å². The molecule has 2 rings (SSSR count). The number of aromatic nitrogens is 1. The number of esters is 1. The Hall–Kier alpha value is -2.60. The number of nitrogens with one attached hydrogen (secondary N) is 1. The van der Waals surface area contributed by atoms with E-state index in [4.69, 9.17) is 21.1 Å². The predicted molar refractivity (Wildman–Crippen MR) is 94.6 cm³/mol. The molecule has 0 fully saturated rings. The molecule has 6 nitrogen and oxygen atoms in total. The molecule has 1 amide bonds. The zero-order valence-electron chi connectivity index (χ0n) is 13.9. The molecule has 7 heteroatoms. The number of hydrogen-bond donors (Lipinski definition) is 1. The Bertz CT molecular complexity index is 707. The summed E-state index contributed by atoms with van der Waals surface area (Å²) in [6, 6.07) is 12.1. The molecule has 0 saturated heterocycles. The van der Waals surface area contributed by atoms with E-state index in [1.807, 2.05) is 18.2 Å². The Morgan fingerprint density at radius 1 is 1.20 bits per heavy atom. The average Bonchev–Trinajstić information content (AvgIpc) is 2.62. The number of carbonyl (C=O) groups excluding carboxylic acids is 2. The lowest BCUT2D eigenvalue weighted by Crippen LogP contribution is -2.36. The topological polar surface area (TPSA) is 77.5 Å². The molecular formula is C18H19ClN2O4. The first-order chi connectivity index (χ1) is 12.0. The van der Waals surface area contributed by atoms with E-state index in [-0.39, 0.29) is 0 Å². The van der Waals surface area contributed by atoms with Gasteiger partial charge >= 0.3 is 5.97 Å². The number of ether oxygens (including phenoxy) is 2. The van der Waals surface area contributed by atoms with Crippen molar-refractivity contribution in [1.29, 1.82) is 0 Å². The van der Waals surface area contributed by atoms with E-state index in [1.54, 1.807) is 31.2 Å². The maximum atomic E-state index is 12.2. The van der Waals surface area contributed by atoms with Gasteiger partial charge in [-0.15, -0.1) is 0 Å². The SMILES string of the molecule is CC[C@H](Oc1ccccc1)C(=O)O[C@H](C)C(=O)Nc1ccc(Cl)cn1. The molecular weight excluding hydrogens is 344 g/mol. The molecule has 1 heterocycles. The minimum absolute atomic E-state index is 0.324. The van der Waals surface area contributed by atoms with Crippen molar-refractivity contribution >= 4 is 29.3 Å². The summed E-state index contributed by atoms with van der Waals surface area (Å²) >= 11 is 5.74. The summed E-state index contributed by atoms with van der Waals surface area (Å²) in [6.07, 6.45) is 0.0554. The normalized spacial score (nSPS) is 12.8. The summed E-state index contributed by atoms with van der Waals surface area (Å²) in [5.41, 5.74) is 0. The molecule has 0 saturated carbocycles. The highest BCUT2D eigenvalue weighted by Crippen LogP contribution is 2.14. The van der Waals surface area contributed by atoms with Crippen molar-refractivity contribution in [2.24, 2.45) is 0 Å². The molecule has 0 unspecified atom stereocenters. The van der Waals surface area contributed by atoms with Gasteiger partial charge in [0.2, 0.25) is 0 Å². The van der Waals surface area contributed by atoms with Crippen molar-refractivity contribution in [2.45, 2.75) is 32.5 Å². The van der Waals surface area contributed by atoms with Gasteiger partial charge in [-0.3, -0.25) is 4.79 Å². The number of amides is 1. The predicted octanol–water partition coefficient (Wildman–Crippen LogP) is 3.46. The Morgan fingerprint density at radius 3 is 2.52 bits per heavy atom. The average molecular weight is 363 g/mol. The number of halogens is 1. The van der Waals surface area contributed by atoms with Crippen LogP contribution >= 0.6 is 11.6 Å². The lowest BCUT2D eigenvalue weighted by molar-refractivity contribution is -0.160. The minimum Gasteiger partial charge on any atom is -0.479 e. The lowest BCUT2D eigenvalue weighted by Gasteiger charge is -2.19. The number of rotatable bonds is 7. The first kappa shape index (κ1) is 18.7. The third-order valence-corrected chi connectivity index (χ3v) is 3.52. The third kappa shape index (κ3) is 5.76. The standard InChI is InChI=1S/C18H19ClN2O4/c1-3-15(25-14-7-5-4-6-8-14)18(23)24-12(2)17(22)21-16-10-9-13(19)11-20-16/h4-12,15H,3H2,1-2H3,(H,20,21,22)/t12-,15+/m1/s1. The van der Waals surface area contributed by atoms with E-state index in [2.05, 4.69) is 10.3 Å². The van der Waals surface area contributed by atoms with E-state index < -0.39 is 24.1 Å². The van der Waals surface area contributed by atoms with Crippen LogP contribution in [0, 0.1) is 0 Å². The van der Waals surface area contributed by atoms with E-state index in [0.717, 1.165) is 0 Å². The molecule has 1 aromatic heterocycles. The molecule has 25 heavy (non-hydrogen) atoms. The first-order valence-corrected chi connectivity index (χ1v) is 8.22. The number of pyridine rings is 1. The maximum Gasteiger partial charge on any atom is 0.348 e. The Labute approximate surface area is 151 Å². The number of para-hydroxylation sites is 1. The van der Waals surface area contributed by atoms with Gasteiger partial charge in [0.25, 0.3) is 5.91 Å². The molecule has 0 radical (unpaired) electrons. The number of anilines is 1. The van der Waals surface area contributed by atoms with Crippen molar-refractivity contribution in [2.75, 3.05) is 5.32 Å². The zero-order valence-corrected chi connectivity index (χ0v) is 14.7. The lowest BCUT2D eigenvalue weighted by atomic mass is 10.2. The second kappa shape index (κ2) is 9.03. The van der Waals surface area contributed by atoms with Crippen molar-refractivity contribution in [3.05, 3.63) is 53.7 Å². The summed E-state index contributed by atoms with van der Waals surface area (Å²) in [4.78, 5) is 28.3. The van der Waals surface area contributed by atoms with Gasteiger partial charge in [0, 0.05) is 6.20 Å². The van der Waals surface area contributed by atoms with Crippen LogP contribution in [-0.2, 0) is 14.3 Å². The number of carbonyl (C=O) groups is 2. The van der Waals surface area contributed by atoms with Gasteiger partial charge in [-0.2, -0.15) is 0 Å². The van der Waals surface area contributed by atoms with Crippen molar-refractivity contribution in [3.63, 3.8) is 0 Å². The van der Waals surface area contributed by atoms with Gasteiger partial charge in [-0.25, -0.2) is 9.78 Å².